The normalized spacial score (nSPS) is 15.0. The number of H-pyrrole nitrogens is 2. The number of nitrogens with zero attached hydrogens (tertiary/aromatic N) is 4. The largest absolute Gasteiger partial charge is 0.489 e. The van der Waals surface area contributed by atoms with Gasteiger partial charge in [-0.05, 0) is 49.9 Å². The third-order valence-electron chi connectivity index (χ3n) is 5.99. The van der Waals surface area contributed by atoms with Crippen LogP contribution >= 0.6 is 0 Å². The Bertz CT molecular complexity index is 1330. The van der Waals surface area contributed by atoms with E-state index in [1.807, 2.05) is 24.7 Å². The number of aromatic nitrogens is 6. The van der Waals surface area contributed by atoms with E-state index in [0.717, 1.165) is 63.0 Å². The van der Waals surface area contributed by atoms with E-state index in [9.17, 15) is 0 Å². The molecule has 0 amide bonds. The quantitative estimate of drug-likeness (QED) is 0.421. The molecule has 0 radical (unpaired) electrons. The van der Waals surface area contributed by atoms with Crippen molar-refractivity contribution in [3.05, 3.63) is 55.2 Å². The molecule has 0 aliphatic heterocycles. The zero-order chi connectivity index (χ0) is 20.6. The van der Waals surface area contributed by atoms with Gasteiger partial charge in [0, 0.05) is 52.2 Å². The van der Waals surface area contributed by atoms with Gasteiger partial charge in [0.2, 0.25) is 0 Å². The first-order valence-electron chi connectivity index (χ1n) is 10.7. The van der Waals surface area contributed by atoms with Crippen LogP contribution in [-0.2, 0) is 0 Å². The number of nitrogens with one attached hydrogen (secondary N) is 2. The lowest BCUT2D eigenvalue weighted by atomic mass is 9.98. The minimum atomic E-state index is 0.295. The smallest absolute Gasteiger partial charge is 0.155 e. The van der Waals surface area contributed by atoms with Crippen LogP contribution in [0, 0.1) is 0 Å². The summed E-state index contributed by atoms with van der Waals surface area (Å²) in [6.45, 7) is 0. The van der Waals surface area contributed by atoms with Crippen LogP contribution in [0.15, 0.2) is 55.2 Å². The van der Waals surface area contributed by atoms with Crippen LogP contribution in [0.25, 0.3) is 44.5 Å². The summed E-state index contributed by atoms with van der Waals surface area (Å²) in [4.78, 5) is 16.6. The van der Waals surface area contributed by atoms with Gasteiger partial charge in [0.1, 0.15) is 11.4 Å². The number of hydrogen-bond acceptors (Lipinski definition) is 5. The van der Waals surface area contributed by atoms with E-state index in [4.69, 9.17) is 4.74 Å². The fraction of sp³-hybridized carbons (Fsp3) is 0.250. The molecule has 0 bridgehead atoms. The first kappa shape index (κ1) is 18.1. The van der Waals surface area contributed by atoms with Crippen molar-refractivity contribution in [3.63, 3.8) is 0 Å². The van der Waals surface area contributed by atoms with Crippen LogP contribution in [0.3, 0.4) is 0 Å². The van der Waals surface area contributed by atoms with Crippen molar-refractivity contribution >= 4 is 21.9 Å². The molecule has 154 valence electrons. The molecule has 1 aliphatic carbocycles. The van der Waals surface area contributed by atoms with Crippen molar-refractivity contribution in [3.8, 4) is 28.3 Å². The molecular weight excluding hydrogens is 388 g/mol. The summed E-state index contributed by atoms with van der Waals surface area (Å²) in [5.74, 6) is 0.819. The van der Waals surface area contributed by atoms with Crippen molar-refractivity contribution < 1.29 is 4.74 Å². The highest BCUT2D eigenvalue weighted by molar-refractivity contribution is 5.95. The van der Waals surface area contributed by atoms with Crippen molar-refractivity contribution in [1.82, 2.24) is 30.1 Å². The van der Waals surface area contributed by atoms with Gasteiger partial charge in [-0.15, -0.1) is 0 Å². The average Bonchev–Trinajstić information content (AvgIpc) is 3.43. The maximum Gasteiger partial charge on any atom is 0.155 e. The second kappa shape index (κ2) is 7.50. The van der Waals surface area contributed by atoms with E-state index in [2.05, 4.69) is 48.3 Å². The van der Waals surface area contributed by atoms with Crippen molar-refractivity contribution in [2.24, 2.45) is 0 Å². The monoisotopic (exact) mass is 410 g/mol. The van der Waals surface area contributed by atoms with Gasteiger partial charge in [0.25, 0.3) is 0 Å². The molecular formula is C24H22N6O. The number of aromatic amines is 2. The number of fused-ring (bicyclic) bond motifs is 2. The summed E-state index contributed by atoms with van der Waals surface area (Å²) in [7, 11) is 0. The molecule has 5 aromatic heterocycles. The molecule has 1 aliphatic rings. The van der Waals surface area contributed by atoms with E-state index in [1.54, 1.807) is 12.4 Å². The molecule has 6 rings (SSSR count). The van der Waals surface area contributed by atoms with Crippen LogP contribution in [-0.4, -0.2) is 36.2 Å². The fourth-order valence-electron chi connectivity index (χ4n) is 4.38. The molecule has 0 unspecified atom stereocenters. The predicted octanol–water partition coefficient (Wildman–Crippen LogP) is 5.27. The maximum absolute atomic E-state index is 6.20. The predicted molar refractivity (Wildman–Crippen MR) is 120 cm³/mol. The lowest BCUT2D eigenvalue weighted by Gasteiger charge is -2.23. The van der Waals surface area contributed by atoms with E-state index in [1.165, 1.54) is 19.3 Å². The third kappa shape index (κ3) is 3.42. The summed E-state index contributed by atoms with van der Waals surface area (Å²) in [6.07, 6.45) is 15.4. The number of hydrogen-bond donors (Lipinski definition) is 2. The first-order valence-corrected chi connectivity index (χ1v) is 10.7. The summed E-state index contributed by atoms with van der Waals surface area (Å²) in [5, 5.41) is 9.55. The van der Waals surface area contributed by atoms with E-state index in [-0.39, 0.29) is 0 Å². The highest BCUT2D eigenvalue weighted by Gasteiger charge is 2.16. The summed E-state index contributed by atoms with van der Waals surface area (Å²) in [6, 6.07) is 8.18. The molecule has 5 heterocycles. The van der Waals surface area contributed by atoms with Gasteiger partial charge in [-0.1, -0.05) is 6.42 Å². The molecule has 0 saturated heterocycles. The second-order valence-corrected chi connectivity index (χ2v) is 8.13. The van der Waals surface area contributed by atoms with Gasteiger partial charge >= 0.3 is 0 Å². The molecule has 1 saturated carbocycles. The van der Waals surface area contributed by atoms with Crippen molar-refractivity contribution in [1.29, 1.82) is 0 Å². The topological polar surface area (TPSA) is 92.4 Å². The van der Waals surface area contributed by atoms with E-state index in [0.29, 0.717) is 6.10 Å². The van der Waals surface area contributed by atoms with Gasteiger partial charge in [0.05, 0.1) is 18.0 Å². The van der Waals surface area contributed by atoms with Gasteiger partial charge in [-0.3, -0.25) is 15.1 Å². The van der Waals surface area contributed by atoms with Gasteiger partial charge in [-0.2, -0.15) is 5.10 Å². The van der Waals surface area contributed by atoms with Crippen LogP contribution < -0.4 is 4.74 Å². The summed E-state index contributed by atoms with van der Waals surface area (Å²) >= 11 is 0. The number of rotatable bonds is 4. The van der Waals surface area contributed by atoms with Gasteiger partial charge in [-0.25, -0.2) is 4.98 Å². The number of pyridine rings is 3. The Morgan fingerprint density at radius 1 is 0.903 bits per heavy atom. The molecule has 7 heteroatoms. The van der Waals surface area contributed by atoms with E-state index < -0.39 is 0 Å². The van der Waals surface area contributed by atoms with Crippen LogP contribution in [0.5, 0.6) is 5.75 Å². The van der Waals surface area contributed by atoms with Gasteiger partial charge in [0.15, 0.2) is 5.65 Å². The molecule has 5 aromatic rings. The Kier molecular flexibility index (Phi) is 4.37. The summed E-state index contributed by atoms with van der Waals surface area (Å²) < 4.78 is 6.20. The lowest BCUT2D eigenvalue weighted by Crippen LogP contribution is -2.19. The standard InChI is InChI=1S/C24H22N6O/c1-2-4-18(5-3-1)31-19-8-15(11-26-14-19)16-9-20-23(29-30-24(20)27-13-16)22-10-17-12-25-7-6-21(17)28-22/h6-14,18,28H,1-5H2,(H,27,29,30). The Morgan fingerprint density at radius 2 is 1.81 bits per heavy atom. The molecule has 1 fully saturated rings. The van der Waals surface area contributed by atoms with Gasteiger partial charge < -0.3 is 9.72 Å². The zero-order valence-corrected chi connectivity index (χ0v) is 17.0. The molecule has 2 N–H and O–H groups in total. The van der Waals surface area contributed by atoms with Crippen LogP contribution in [0.2, 0.25) is 0 Å². The molecule has 7 nitrogen and oxygen atoms in total. The van der Waals surface area contributed by atoms with Crippen LogP contribution in [0.4, 0.5) is 0 Å². The highest BCUT2D eigenvalue weighted by Crippen LogP contribution is 2.32. The molecule has 0 aromatic carbocycles. The fourth-order valence-corrected chi connectivity index (χ4v) is 4.38. The van der Waals surface area contributed by atoms with Crippen LogP contribution in [0.1, 0.15) is 32.1 Å². The Morgan fingerprint density at radius 3 is 2.71 bits per heavy atom. The van der Waals surface area contributed by atoms with Crippen molar-refractivity contribution in [2.45, 2.75) is 38.2 Å². The molecule has 0 spiro atoms. The lowest BCUT2D eigenvalue weighted by molar-refractivity contribution is 0.154. The molecule has 0 atom stereocenters. The third-order valence-corrected chi connectivity index (χ3v) is 5.99. The summed E-state index contributed by atoms with van der Waals surface area (Å²) in [5.41, 5.74) is 5.51. The second-order valence-electron chi connectivity index (χ2n) is 8.13. The highest BCUT2D eigenvalue weighted by atomic mass is 16.5. The Balaban J connectivity index is 1.36. The minimum Gasteiger partial charge on any atom is -0.489 e. The number of ether oxygens (including phenoxy) is 1. The van der Waals surface area contributed by atoms with Crippen molar-refractivity contribution in [2.75, 3.05) is 0 Å². The zero-order valence-electron chi connectivity index (χ0n) is 17.0. The Hall–Kier alpha value is -3.74. The first-order chi connectivity index (χ1) is 15.3. The Labute approximate surface area is 178 Å². The SMILES string of the molecule is c1cc2[nH]c(-c3n[nH]c4ncc(-c5cncc(OC6CCCCC6)c5)cc34)cc2cn1. The minimum absolute atomic E-state index is 0.295. The van der Waals surface area contributed by atoms with E-state index >= 15 is 0 Å². The molecule has 31 heavy (non-hydrogen) atoms. The maximum atomic E-state index is 6.20. The average molecular weight is 410 g/mol.